The molecule has 0 bridgehead atoms. The minimum absolute atomic E-state index is 0.00847. The number of nitro benzene ring substituents is 1. The normalized spacial score (nSPS) is 17.1. The van der Waals surface area contributed by atoms with Crippen LogP contribution in [-0.2, 0) is 9.53 Å². The lowest BCUT2D eigenvalue weighted by Crippen LogP contribution is -2.37. The molecule has 0 aliphatic carbocycles. The van der Waals surface area contributed by atoms with Crippen LogP contribution in [0.1, 0.15) is 0 Å². The van der Waals surface area contributed by atoms with Gasteiger partial charge < -0.3 is 19.9 Å². The van der Waals surface area contributed by atoms with Gasteiger partial charge in [-0.25, -0.2) is 4.79 Å². The van der Waals surface area contributed by atoms with Crippen LogP contribution >= 0.6 is 0 Å². The van der Waals surface area contributed by atoms with E-state index in [1.165, 1.54) is 19.2 Å². The van der Waals surface area contributed by atoms with Gasteiger partial charge in [-0.05, 0) is 6.07 Å². The number of nitrogen functional groups attached to an aromatic ring is 1. The molecule has 0 spiro atoms. The molecule has 0 aromatic heterocycles. The quantitative estimate of drug-likeness (QED) is 0.353. The minimum atomic E-state index is -0.980. The molecule has 8 nitrogen and oxygen atoms in total. The Bertz CT molecular complexity index is 515. The van der Waals surface area contributed by atoms with Crippen molar-refractivity contribution in [3.63, 3.8) is 0 Å². The molecule has 2 rings (SSSR count). The zero-order valence-corrected chi connectivity index (χ0v) is 9.41. The maximum Gasteiger partial charge on any atom is 0.350 e. The van der Waals surface area contributed by atoms with Gasteiger partial charge in [-0.2, -0.15) is 0 Å². The number of nitrogens with zero attached hydrogens (tertiary/aromatic N) is 1. The molecule has 0 saturated carbocycles. The molecule has 1 atom stereocenters. The van der Waals surface area contributed by atoms with E-state index < -0.39 is 17.0 Å². The molecule has 1 aromatic carbocycles. The summed E-state index contributed by atoms with van der Waals surface area (Å²) < 4.78 is 15.0. The third-order valence-corrected chi connectivity index (χ3v) is 2.45. The molecule has 2 N–H and O–H groups in total. The molecule has 0 radical (unpaired) electrons. The maximum absolute atomic E-state index is 11.3. The van der Waals surface area contributed by atoms with E-state index in [2.05, 4.69) is 4.74 Å². The molecular weight excluding hydrogens is 244 g/mol. The Morgan fingerprint density at radius 2 is 2.33 bits per heavy atom. The topological polar surface area (TPSA) is 114 Å². The van der Waals surface area contributed by atoms with Gasteiger partial charge in [-0.3, -0.25) is 10.1 Å². The zero-order chi connectivity index (χ0) is 13.3. The highest BCUT2D eigenvalue weighted by Crippen LogP contribution is 2.42. The third-order valence-electron chi connectivity index (χ3n) is 2.45. The molecule has 18 heavy (non-hydrogen) atoms. The molecule has 8 heteroatoms. The number of benzene rings is 1. The van der Waals surface area contributed by atoms with E-state index in [9.17, 15) is 14.9 Å². The summed E-state index contributed by atoms with van der Waals surface area (Å²) in [7, 11) is 1.21. The van der Waals surface area contributed by atoms with Gasteiger partial charge in [0.1, 0.15) is 6.61 Å². The van der Waals surface area contributed by atoms with Crippen molar-refractivity contribution in [2.75, 3.05) is 19.5 Å². The van der Waals surface area contributed by atoms with Gasteiger partial charge >= 0.3 is 5.97 Å². The summed E-state index contributed by atoms with van der Waals surface area (Å²) in [5.74, 6) is -0.379. The fourth-order valence-electron chi connectivity index (χ4n) is 1.55. The first kappa shape index (κ1) is 12.0. The predicted molar refractivity (Wildman–Crippen MR) is 59.4 cm³/mol. The second-order valence-electron chi connectivity index (χ2n) is 3.52. The van der Waals surface area contributed by atoms with Crippen LogP contribution in [0.2, 0.25) is 0 Å². The molecule has 1 aliphatic heterocycles. The number of hydrogen-bond acceptors (Lipinski definition) is 7. The van der Waals surface area contributed by atoms with Crippen LogP contribution in [0.3, 0.4) is 0 Å². The second-order valence-corrected chi connectivity index (χ2v) is 3.52. The summed E-state index contributed by atoms with van der Waals surface area (Å²) in [6.07, 6.45) is -0.980. The van der Waals surface area contributed by atoms with Crippen molar-refractivity contribution in [2.45, 2.75) is 6.10 Å². The first-order valence-corrected chi connectivity index (χ1v) is 4.98. The number of anilines is 1. The number of carbonyl (C=O) groups is 1. The van der Waals surface area contributed by atoms with E-state index >= 15 is 0 Å². The van der Waals surface area contributed by atoms with Gasteiger partial charge in [0.25, 0.3) is 5.69 Å². The van der Waals surface area contributed by atoms with Crippen LogP contribution < -0.4 is 15.2 Å². The van der Waals surface area contributed by atoms with Crippen molar-refractivity contribution in [1.82, 2.24) is 0 Å². The van der Waals surface area contributed by atoms with Crippen molar-refractivity contribution in [3.05, 3.63) is 22.2 Å². The SMILES string of the molecule is COC(=O)C1COc2ccc([N+](=O)[O-])c(N)c2O1. The molecule has 1 unspecified atom stereocenters. The number of fused-ring (bicyclic) bond motifs is 1. The van der Waals surface area contributed by atoms with Crippen molar-refractivity contribution in [2.24, 2.45) is 0 Å². The first-order chi connectivity index (χ1) is 8.54. The fraction of sp³-hybridized carbons (Fsp3) is 0.300. The average molecular weight is 254 g/mol. The summed E-state index contributed by atoms with van der Waals surface area (Å²) in [4.78, 5) is 21.4. The van der Waals surface area contributed by atoms with Crippen molar-refractivity contribution < 1.29 is 23.9 Å². The van der Waals surface area contributed by atoms with Crippen LogP contribution in [0, 0.1) is 10.1 Å². The Morgan fingerprint density at radius 1 is 1.61 bits per heavy atom. The minimum Gasteiger partial charge on any atom is -0.485 e. The Balaban J connectivity index is 2.38. The van der Waals surface area contributed by atoms with Gasteiger partial charge in [-0.15, -0.1) is 0 Å². The highest BCUT2D eigenvalue weighted by Gasteiger charge is 2.32. The Hall–Kier alpha value is -2.51. The van der Waals surface area contributed by atoms with Gasteiger partial charge in [0, 0.05) is 6.07 Å². The number of hydrogen-bond donors (Lipinski definition) is 1. The highest BCUT2D eigenvalue weighted by molar-refractivity contribution is 5.78. The monoisotopic (exact) mass is 254 g/mol. The average Bonchev–Trinajstić information content (AvgIpc) is 2.37. The van der Waals surface area contributed by atoms with Crippen LogP contribution in [0.25, 0.3) is 0 Å². The van der Waals surface area contributed by atoms with Crippen LogP contribution in [0.4, 0.5) is 11.4 Å². The first-order valence-electron chi connectivity index (χ1n) is 4.98. The molecule has 1 aliphatic rings. The molecule has 0 saturated heterocycles. The molecule has 0 amide bonds. The summed E-state index contributed by atoms with van der Waals surface area (Å²) in [5.41, 5.74) is 5.13. The van der Waals surface area contributed by atoms with Crippen LogP contribution in [-0.4, -0.2) is 30.7 Å². The summed E-state index contributed by atoms with van der Waals surface area (Å²) in [6.45, 7) is -0.0308. The zero-order valence-electron chi connectivity index (χ0n) is 9.41. The third kappa shape index (κ3) is 1.88. The van der Waals surface area contributed by atoms with Crippen molar-refractivity contribution in [3.8, 4) is 11.5 Å². The standard InChI is InChI=1S/C10H10N2O6/c1-16-10(13)7-4-17-6-3-2-5(12(14)15)8(11)9(6)18-7/h2-3,7H,4,11H2,1H3. The van der Waals surface area contributed by atoms with Gasteiger partial charge in [0.2, 0.25) is 6.10 Å². The summed E-state index contributed by atoms with van der Waals surface area (Å²) in [6, 6.07) is 2.59. The van der Waals surface area contributed by atoms with E-state index in [1.807, 2.05) is 0 Å². The number of rotatable bonds is 2. The number of nitro groups is 1. The largest absolute Gasteiger partial charge is 0.485 e. The van der Waals surface area contributed by atoms with E-state index in [4.69, 9.17) is 15.2 Å². The summed E-state index contributed by atoms with van der Waals surface area (Å²) >= 11 is 0. The molecule has 1 aromatic rings. The van der Waals surface area contributed by atoms with Gasteiger partial charge in [0.15, 0.2) is 17.2 Å². The van der Waals surface area contributed by atoms with Gasteiger partial charge in [0.05, 0.1) is 12.0 Å². The fourth-order valence-corrected chi connectivity index (χ4v) is 1.55. The van der Waals surface area contributed by atoms with Crippen molar-refractivity contribution >= 4 is 17.3 Å². The van der Waals surface area contributed by atoms with E-state index in [0.29, 0.717) is 0 Å². The lowest BCUT2D eigenvalue weighted by Gasteiger charge is -2.25. The second kappa shape index (κ2) is 4.40. The maximum atomic E-state index is 11.3. The van der Waals surface area contributed by atoms with Gasteiger partial charge in [-0.1, -0.05) is 0 Å². The van der Waals surface area contributed by atoms with E-state index in [0.717, 1.165) is 0 Å². The Morgan fingerprint density at radius 3 is 2.94 bits per heavy atom. The van der Waals surface area contributed by atoms with E-state index in [-0.39, 0.29) is 29.5 Å². The molecule has 0 fully saturated rings. The summed E-state index contributed by atoms with van der Waals surface area (Å²) in [5, 5.41) is 10.7. The number of esters is 1. The molecule has 1 heterocycles. The highest BCUT2D eigenvalue weighted by atomic mass is 16.6. The lowest BCUT2D eigenvalue weighted by atomic mass is 10.2. The van der Waals surface area contributed by atoms with Crippen molar-refractivity contribution in [1.29, 1.82) is 0 Å². The number of ether oxygens (including phenoxy) is 3. The van der Waals surface area contributed by atoms with Crippen LogP contribution in [0.15, 0.2) is 12.1 Å². The Labute approximate surface area is 101 Å². The smallest absolute Gasteiger partial charge is 0.350 e. The van der Waals surface area contributed by atoms with E-state index in [1.54, 1.807) is 0 Å². The number of carbonyl (C=O) groups excluding carboxylic acids is 1. The number of methoxy groups -OCH3 is 1. The molecular formula is C10H10N2O6. The lowest BCUT2D eigenvalue weighted by molar-refractivity contribution is -0.384. The Kier molecular flexibility index (Phi) is 2.92. The van der Waals surface area contributed by atoms with Crippen LogP contribution in [0.5, 0.6) is 11.5 Å². The number of nitrogens with two attached hydrogens (primary N) is 1. The predicted octanol–water partition coefficient (Wildman–Crippen LogP) is 0.490. The molecule has 96 valence electrons.